The predicted molar refractivity (Wildman–Crippen MR) is 118 cm³/mol. The van der Waals surface area contributed by atoms with E-state index >= 15 is 0 Å². The van der Waals surface area contributed by atoms with Crippen LogP contribution in [-0.4, -0.2) is 33.4 Å². The SMILES string of the molecule is O=C(NCc1nn(Cc2ccccn2)c(=O)c2ccccc12)C1COc2ccccc2O1. The van der Waals surface area contributed by atoms with E-state index in [0.717, 1.165) is 5.69 Å². The summed E-state index contributed by atoms with van der Waals surface area (Å²) in [7, 11) is 0. The van der Waals surface area contributed by atoms with Crippen molar-refractivity contribution in [2.45, 2.75) is 19.2 Å². The van der Waals surface area contributed by atoms with E-state index in [2.05, 4.69) is 15.4 Å². The molecule has 4 aromatic rings. The normalized spacial score (nSPS) is 14.8. The molecule has 8 heteroatoms. The van der Waals surface area contributed by atoms with Crippen molar-refractivity contribution in [2.75, 3.05) is 6.61 Å². The third kappa shape index (κ3) is 3.90. The van der Waals surface area contributed by atoms with E-state index in [1.54, 1.807) is 24.4 Å². The van der Waals surface area contributed by atoms with Gasteiger partial charge in [-0.2, -0.15) is 5.10 Å². The Bertz CT molecular complexity index is 1340. The predicted octanol–water partition coefficient (Wildman–Crippen LogP) is 2.30. The smallest absolute Gasteiger partial charge is 0.275 e. The van der Waals surface area contributed by atoms with Gasteiger partial charge in [0.05, 0.1) is 29.9 Å². The summed E-state index contributed by atoms with van der Waals surface area (Å²) in [4.78, 5) is 30.0. The fourth-order valence-corrected chi connectivity index (χ4v) is 3.62. The molecule has 32 heavy (non-hydrogen) atoms. The van der Waals surface area contributed by atoms with Crippen LogP contribution in [0.5, 0.6) is 11.5 Å². The number of amides is 1. The van der Waals surface area contributed by atoms with Crippen LogP contribution in [-0.2, 0) is 17.9 Å². The van der Waals surface area contributed by atoms with Gasteiger partial charge in [0.1, 0.15) is 6.61 Å². The second kappa shape index (κ2) is 8.50. The highest BCUT2D eigenvalue weighted by Crippen LogP contribution is 2.30. The third-order valence-corrected chi connectivity index (χ3v) is 5.21. The lowest BCUT2D eigenvalue weighted by Gasteiger charge is -2.25. The Hall–Kier alpha value is -4.20. The summed E-state index contributed by atoms with van der Waals surface area (Å²) in [6.45, 7) is 0.501. The molecule has 0 fully saturated rings. The average molecular weight is 428 g/mol. The lowest BCUT2D eigenvalue weighted by molar-refractivity contribution is -0.130. The van der Waals surface area contributed by atoms with Crippen LogP contribution < -0.4 is 20.3 Å². The molecule has 8 nitrogen and oxygen atoms in total. The molecule has 1 atom stereocenters. The van der Waals surface area contributed by atoms with Crippen molar-refractivity contribution in [1.29, 1.82) is 0 Å². The van der Waals surface area contributed by atoms with Crippen LogP contribution in [0.15, 0.2) is 77.7 Å². The molecule has 0 radical (unpaired) electrons. The maximum absolute atomic E-state index is 12.9. The van der Waals surface area contributed by atoms with Crippen molar-refractivity contribution in [2.24, 2.45) is 0 Å². The summed E-state index contributed by atoms with van der Waals surface area (Å²) in [5, 5.41) is 8.62. The molecule has 1 amide bonds. The van der Waals surface area contributed by atoms with E-state index in [-0.39, 0.29) is 31.2 Å². The van der Waals surface area contributed by atoms with Crippen molar-refractivity contribution in [3.63, 3.8) is 0 Å². The molecule has 1 aliphatic heterocycles. The summed E-state index contributed by atoms with van der Waals surface area (Å²) in [5.74, 6) is 0.838. The number of benzene rings is 2. The van der Waals surface area contributed by atoms with Gasteiger partial charge in [-0.1, -0.05) is 36.4 Å². The van der Waals surface area contributed by atoms with Crippen LogP contribution in [0.1, 0.15) is 11.4 Å². The van der Waals surface area contributed by atoms with Crippen LogP contribution in [0, 0.1) is 0 Å². The minimum Gasteiger partial charge on any atom is -0.485 e. The van der Waals surface area contributed by atoms with Gasteiger partial charge in [0.15, 0.2) is 11.5 Å². The van der Waals surface area contributed by atoms with Crippen LogP contribution in [0.4, 0.5) is 0 Å². The molecule has 1 aliphatic rings. The Morgan fingerprint density at radius 2 is 1.75 bits per heavy atom. The lowest BCUT2D eigenvalue weighted by Crippen LogP contribution is -2.44. The van der Waals surface area contributed by atoms with E-state index in [1.807, 2.05) is 48.5 Å². The standard InChI is InChI=1S/C24H20N4O4/c29-23(22-15-31-20-10-3-4-11-21(20)32-22)26-13-19-17-8-1-2-9-18(17)24(30)28(27-19)14-16-7-5-6-12-25-16/h1-12,22H,13-15H2,(H,26,29). The van der Waals surface area contributed by atoms with Crippen LogP contribution in [0.25, 0.3) is 10.8 Å². The van der Waals surface area contributed by atoms with Crippen LogP contribution >= 0.6 is 0 Å². The largest absolute Gasteiger partial charge is 0.485 e. The molecule has 1 N–H and O–H groups in total. The van der Waals surface area contributed by atoms with Gasteiger partial charge in [-0.05, 0) is 30.3 Å². The maximum Gasteiger partial charge on any atom is 0.275 e. The number of pyridine rings is 1. The molecule has 5 rings (SSSR count). The zero-order valence-electron chi connectivity index (χ0n) is 17.1. The van der Waals surface area contributed by atoms with Gasteiger partial charge < -0.3 is 14.8 Å². The molecule has 0 saturated heterocycles. The number of hydrogen-bond donors (Lipinski definition) is 1. The molecule has 1 unspecified atom stereocenters. The highest BCUT2D eigenvalue weighted by atomic mass is 16.6. The number of para-hydroxylation sites is 2. The number of carbonyl (C=O) groups excluding carboxylic acids is 1. The summed E-state index contributed by atoms with van der Waals surface area (Å²) in [5.41, 5.74) is 1.10. The highest BCUT2D eigenvalue weighted by molar-refractivity contribution is 5.85. The molecule has 0 bridgehead atoms. The molecule has 0 saturated carbocycles. The van der Waals surface area contributed by atoms with E-state index in [4.69, 9.17) is 9.47 Å². The number of fused-ring (bicyclic) bond motifs is 2. The molecule has 0 aliphatic carbocycles. The van der Waals surface area contributed by atoms with Crippen LogP contribution in [0.2, 0.25) is 0 Å². The number of nitrogens with zero attached hydrogens (tertiary/aromatic N) is 3. The lowest BCUT2D eigenvalue weighted by atomic mass is 10.1. The summed E-state index contributed by atoms with van der Waals surface area (Å²) >= 11 is 0. The number of hydrogen-bond acceptors (Lipinski definition) is 6. The zero-order valence-corrected chi connectivity index (χ0v) is 17.1. The number of ether oxygens (including phenoxy) is 2. The molecule has 2 aromatic carbocycles. The van der Waals surface area contributed by atoms with E-state index in [9.17, 15) is 9.59 Å². The Morgan fingerprint density at radius 1 is 1.00 bits per heavy atom. The average Bonchev–Trinajstić information content (AvgIpc) is 2.85. The van der Waals surface area contributed by atoms with Gasteiger partial charge in [0.25, 0.3) is 11.5 Å². The molecular weight excluding hydrogens is 408 g/mol. The van der Waals surface area contributed by atoms with Gasteiger partial charge in [-0.3, -0.25) is 14.6 Å². The fourth-order valence-electron chi connectivity index (χ4n) is 3.62. The maximum atomic E-state index is 12.9. The van der Waals surface area contributed by atoms with Crippen molar-refractivity contribution < 1.29 is 14.3 Å². The topological polar surface area (TPSA) is 95.3 Å². The quantitative estimate of drug-likeness (QED) is 0.524. The van der Waals surface area contributed by atoms with Gasteiger partial charge in [-0.25, -0.2) is 4.68 Å². The van der Waals surface area contributed by atoms with E-state index in [0.29, 0.717) is 28.0 Å². The van der Waals surface area contributed by atoms with Crippen molar-refractivity contribution >= 4 is 16.7 Å². The molecule has 160 valence electrons. The third-order valence-electron chi connectivity index (χ3n) is 5.21. The number of carbonyl (C=O) groups is 1. The fraction of sp³-hybridized carbons (Fsp3) is 0.167. The second-order valence-corrected chi connectivity index (χ2v) is 7.36. The first-order valence-corrected chi connectivity index (χ1v) is 10.2. The summed E-state index contributed by atoms with van der Waals surface area (Å²) < 4.78 is 12.8. The Kier molecular flexibility index (Phi) is 5.25. The van der Waals surface area contributed by atoms with E-state index in [1.165, 1.54) is 4.68 Å². The minimum absolute atomic E-state index is 0.121. The first-order valence-electron chi connectivity index (χ1n) is 10.2. The second-order valence-electron chi connectivity index (χ2n) is 7.36. The first kappa shape index (κ1) is 19.7. The first-order chi connectivity index (χ1) is 15.7. The Labute approximate surface area is 183 Å². The Balaban J connectivity index is 1.38. The monoisotopic (exact) mass is 428 g/mol. The van der Waals surface area contributed by atoms with E-state index < -0.39 is 6.10 Å². The van der Waals surface area contributed by atoms with Crippen molar-refractivity contribution in [3.8, 4) is 11.5 Å². The van der Waals surface area contributed by atoms with Gasteiger partial charge in [-0.15, -0.1) is 0 Å². The summed E-state index contributed by atoms with van der Waals surface area (Å²) in [6.07, 6.45) is 0.906. The highest BCUT2D eigenvalue weighted by Gasteiger charge is 2.27. The molecule has 0 spiro atoms. The molecule has 2 aromatic heterocycles. The number of aromatic nitrogens is 3. The van der Waals surface area contributed by atoms with Crippen molar-refractivity contribution in [3.05, 3.63) is 94.7 Å². The van der Waals surface area contributed by atoms with Gasteiger partial charge >= 0.3 is 0 Å². The van der Waals surface area contributed by atoms with Crippen molar-refractivity contribution in [1.82, 2.24) is 20.1 Å². The minimum atomic E-state index is -0.768. The molecular formula is C24H20N4O4. The number of nitrogens with one attached hydrogen (secondary N) is 1. The number of rotatable bonds is 5. The molecule has 3 heterocycles. The zero-order chi connectivity index (χ0) is 21.9. The van der Waals surface area contributed by atoms with Gasteiger partial charge in [0.2, 0.25) is 6.10 Å². The Morgan fingerprint density at radius 3 is 2.56 bits per heavy atom. The van der Waals surface area contributed by atoms with Crippen LogP contribution in [0.3, 0.4) is 0 Å². The summed E-state index contributed by atoms with van der Waals surface area (Å²) in [6, 6.07) is 20.0. The van der Waals surface area contributed by atoms with Gasteiger partial charge in [0, 0.05) is 11.6 Å².